The summed E-state index contributed by atoms with van der Waals surface area (Å²) in [7, 11) is 1.58. The number of ether oxygens (including phenoxy) is 1. The molecule has 1 atom stereocenters. The second kappa shape index (κ2) is 8.31. The number of nitrogens with zero attached hydrogens (tertiary/aromatic N) is 2. The standard InChI is InChI=1S/C18H24N4O2S/c1-13(22-7-4-16-15(12-22)5-8-25-16)10-20-18(23)21-11-14-3-6-19-17(9-14)24-2/h3,5-6,8-9,13H,4,7,10-12H2,1-2H3,(H2,20,21,23). The topological polar surface area (TPSA) is 66.5 Å². The number of nitrogens with one attached hydrogen (secondary N) is 2. The maximum Gasteiger partial charge on any atom is 0.315 e. The first kappa shape index (κ1) is 17.7. The maximum atomic E-state index is 12.0. The zero-order valence-electron chi connectivity index (χ0n) is 14.6. The molecule has 3 rings (SSSR count). The fourth-order valence-electron chi connectivity index (χ4n) is 2.93. The molecular weight excluding hydrogens is 336 g/mol. The fraction of sp³-hybridized carbons (Fsp3) is 0.444. The van der Waals surface area contributed by atoms with Crippen molar-refractivity contribution in [3.05, 3.63) is 45.8 Å². The highest BCUT2D eigenvalue weighted by atomic mass is 32.1. The molecule has 0 saturated heterocycles. The monoisotopic (exact) mass is 360 g/mol. The second-order valence-corrected chi connectivity index (χ2v) is 7.21. The molecule has 0 bridgehead atoms. The molecule has 134 valence electrons. The molecule has 25 heavy (non-hydrogen) atoms. The molecule has 3 heterocycles. The normalized spacial score (nSPS) is 15.3. The van der Waals surface area contributed by atoms with Crippen LogP contribution in [0.25, 0.3) is 0 Å². The highest BCUT2D eigenvalue weighted by Gasteiger charge is 2.21. The lowest BCUT2D eigenvalue weighted by Crippen LogP contribution is -2.46. The number of hydrogen-bond donors (Lipinski definition) is 2. The molecule has 0 fully saturated rings. The number of thiophene rings is 1. The van der Waals surface area contributed by atoms with Crippen LogP contribution < -0.4 is 15.4 Å². The van der Waals surface area contributed by atoms with Crippen LogP contribution in [0.3, 0.4) is 0 Å². The lowest BCUT2D eigenvalue weighted by atomic mass is 10.1. The van der Waals surface area contributed by atoms with Gasteiger partial charge in [0.15, 0.2) is 0 Å². The van der Waals surface area contributed by atoms with Gasteiger partial charge in [0, 0.05) is 49.4 Å². The third kappa shape index (κ3) is 4.70. The van der Waals surface area contributed by atoms with Crippen LogP contribution in [0, 0.1) is 0 Å². The summed E-state index contributed by atoms with van der Waals surface area (Å²) in [4.78, 5) is 20.0. The van der Waals surface area contributed by atoms with Gasteiger partial charge in [-0.2, -0.15) is 0 Å². The predicted molar refractivity (Wildman–Crippen MR) is 98.9 cm³/mol. The van der Waals surface area contributed by atoms with Crippen LogP contribution in [0.2, 0.25) is 0 Å². The van der Waals surface area contributed by atoms with Gasteiger partial charge < -0.3 is 15.4 Å². The summed E-state index contributed by atoms with van der Waals surface area (Å²) >= 11 is 1.84. The molecule has 0 saturated carbocycles. The molecule has 7 heteroatoms. The van der Waals surface area contributed by atoms with Gasteiger partial charge in [-0.1, -0.05) is 0 Å². The summed E-state index contributed by atoms with van der Waals surface area (Å²) < 4.78 is 5.08. The molecule has 2 aromatic heterocycles. The van der Waals surface area contributed by atoms with Crippen molar-refractivity contribution in [2.75, 3.05) is 20.2 Å². The molecular formula is C18H24N4O2S. The van der Waals surface area contributed by atoms with Crippen molar-refractivity contribution in [2.45, 2.75) is 32.5 Å². The molecule has 2 aromatic rings. The van der Waals surface area contributed by atoms with Gasteiger partial charge in [0.25, 0.3) is 0 Å². The van der Waals surface area contributed by atoms with Crippen LogP contribution in [0.15, 0.2) is 29.8 Å². The van der Waals surface area contributed by atoms with Gasteiger partial charge in [-0.15, -0.1) is 11.3 Å². The molecule has 0 aromatic carbocycles. The van der Waals surface area contributed by atoms with Crippen LogP contribution >= 0.6 is 11.3 Å². The van der Waals surface area contributed by atoms with E-state index in [0.29, 0.717) is 25.0 Å². The zero-order valence-corrected chi connectivity index (χ0v) is 15.4. The van der Waals surface area contributed by atoms with Gasteiger partial charge in [0.2, 0.25) is 5.88 Å². The molecule has 6 nitrogen and oxygen atoms in total. The Morgan fingerprint density at radius 2 is 2.32 bits per heavy atom. The number of amides is 2. The van der Waals surface area contributed by atoms with Crippen molar-refractivity contribution in [3.8, 4) is 5.88 Å². The summed E-state index contributed by atoms with van der Waals surface area (Å²) in [5.74, 6) is 0.547. The van der Waals surface area contributed by atoms with Crippen LogP contribution in [0.5, 0.6) is 5.88 Å². The van der Waals surface area contributed by atoms with Crippen molar-refractivity contribution in [2.24, 2.45) is 0 Å². The number of pyridine rings is 1. The lowest BCUT2D eigenvalue weighted by Gasteiger charge is -2.32. The summed E-state index contributed by atoms with van der Waals surface area (Å²) in [5.41, 5.74) is 2.38. The van der Waals surface area contributed by atoms with Crippen molar-refractivity contribution in [1.82, 2.24) is 20.5 Å². The van der Waals surface area contributed by atoms with Crippen LogP contribution in [0.1, 0.15) is 22.9 Å². The molecule has 0 spiro atoms. The Morgan fingerprint density at radius 3 is 3.16 bits per heavy atom. The Labute approximate surface area is 152 Å². The molecule has 1 unspecified atom stereocenters. The third-order valence-electron chi connectivity index (χ3n) is 4.48. The SMILES string of the molecule is COc1cc(CNC(=O)NCC(C)N2CCc3sccc3C2)ccn1. The van der Waals surface area contributed by atoms with E-state index < -0.39 is 0 Å². The van der Waals surface area contributed by atoms with Crippen molar-refractivity contribution in [3.63, 3.8) is 0 Å². The van der Waals surface area contributed by atoms with Crippen molar-refractivity contribution < 1.29 is 9.53 Å². The largest absolute Gasteiger partial charge is 0.481 e. The van der Waals surface area contributed by atoms with E-state index >= 15 is 0 Å². The smallest absolute Gasteiger partial charge is 0.315 e. The number of urea groups is 1. The zero-order chi connectivity index (χ0) is 17.6. The molecule has 1 aliphatic heterocycles. The summed E-state index contributed by atoms with van der Waals surface area (Å²) in [5, 5.41) is 8.00. The Kier molecular flexibility index (Phi) is 5.88. The Hall–Kier alpha value is -2.12. The van der Waals surface area contributed by atoms with E-state index in [1.54, 1.807) is 13.3 Å². The first-order valence-electron chi connectivity index (χ1n) is 8.45. The number of methoxy groups -OCH3 is 1. The van der Waals surface area contributed by atoms with Crippen LogP contribution in [-0.4, -0.2) is 42.2 Å². The average molecular weight is 360 g/mol. The van der Waals surface area contributed by atoms with E-state index in [1.165, 1.54) is 10.4 Å². The number of aromatic nitrogens is 1. The highest BCUT2D eigenvalue weighted by Crippen LogP contribution is 2.24. The summed E-state index contributed by atoms with van der Waals surface area (Å²) in [6.07, 6.45) is 2.78. The molecule has 2 N–H and O–H groups in total. The lowest BCUT2D eigenvalue weighted by molar-refractivity contribution is 0.186. The Balaban J connectivity index is 1.41. The first-order chi connectivity index (χ1) is 12.2. The summed E-state index contributed by atoms with van der Waals surface area (Å²) in [6.45, 7) is 5.26. The summed E-state index contributed by atoms with van der Waals surface area (Å²) in [6, 6.07) is 6.03. The van der Waals surface area contributed by atoms with Crippen LogP contribution in [-0.2, 0) is 19.5 Å². The minimum absolute atomic E-state index is 0.157. The van der Waals surface area contributed by atoms with E-state index in [2.05, 4.69) is 38.9 Å². The quantitative estimate of drug-likeness (QED) is 0.830. The number of carbonyl (C=O) groups excluding carboxylic acids is 1. The van der Waals surface area contributed by atoms with E-state index in [4.69, 9.17) is 4.74 Å². The van der Waals surface area contributed by atoms with Crippen LogP contribution in [0.4, 0.5) is 4.79 Å². The number of rotatable bonds is 6. The Bertz CT molecular complexity index is 719. The maximum absolute atomic E-state index is 12.0. The van der Waals surface area contributed by atoms with E-state index in [-0.39, 0.29) is 6.03 Å². The average Bonchev–Trinajstić information content (AvgIpc) is 3.12. The minimum Gasteiger partial charge on any atom is -0.481 e. The van der Waals surface area contributed by atoms with Crippen molar-refractivity contribution >= 4 is 17.4 Å². The van der Waals surface area contributed by atoms with Crippen molar-refractivity contribution in [1.29, 1.82) is 0 Å². The number of carbonyl (C=O) groups is 1. The van der Waals surface area contributed by atoms with Gasteiger partial charge in [-0.05, 0) is 42.0 Å². The van der Waals surface area contributed by atoms with Gasteiger partial charge in [-0.3, -0.25) is 4.90 Å². The molecule has 0 aliphatic carbocycles. The van der Waals surface area contributed by atoms with E-state index in [9.17, 15) is 4.79 Å². The Morgan fingerprint density at radius 1 is 1.44 bits per heavy atom. The third-order valence-corrected chi connectivity index (χ3v) is 5.50. The minimum atomic E-state index is -0.157. The molecule has 2 amide bonds. The van der Waals surface area contributed by atoms with Gasteiger partial charge in [0.05, 0.1) is 7.11 Å². The van der Waals surface area contributed by atoms with E-state index in [0.717, 1.165) is 25.1 Å². The van der Waals surface area contributed by atoms with Gasteiger partial charge >= 0.3 is 6.03 Å². The second-order valence-electron chi connectivity index (χ2n) is 6.21. The molecule has 1 aliphatic rings. The van der Waals surface area contributed by atoms with E-state index in [1.807, 2.05) is 23.5 Å². The van der Waals surface area contributed by atoms with Gasteiger partial charge in [0.1, 0.15) is 0 Å². The highest BCUT2D eigenvalue weighted by molar-refractivity contribution is 7.10. The molecule has 0 radical (unpaired) electrons. The predicted octanol–water partition coefficient (Wildman–Crippen LogP) is 2.40. The van der Waals surface area contributed by atoms with Gasteiger partial charge in [-0.25, -0.2) is 9.78 Å². The first-order valence-corrected chi connectivity index (χ1v) is 9.33. The number of fused-ring (bicyclic) bond motifs is 1. The fourth-order valence-corrected chi connectivity index (χ4v) is 3.82. The number of hydrogen-bond acceptors (Lipinski definition) is 5.